The number of benzene rings is 1. The van der Waals surface area contributed by atoms with E-state index >= 15 is 0 Å². The Bertz CT molecular complexity index is 658. The van der Waals surface area contributed by atoms with Crippen molar-refractivity contribution < 1.29 is 9.15 Å². The fraction of sp³-hybridized carbons (Fsp3) is 0.0714. The van der Waals surface area contributed by atoms with Crippen molar-refractivity contribution in [1.82, 2.24) is 4.98 Å². The molecule has 0 radical (unpaired) electrons. The van der Waals surface area contributed by atoms with Crippen molar-refractivity contribution in [3.63, 3.8) is 0 Å². The van der Waals surface area contributed by atoms with Gasteiger partial charge in [-0.25, -0.2) is 4.98 Å². The van der Waals surface area contributed by atoms with Gasteiger partial charge in [0.05, 0.1) is 23.9 Å². The Labute approximate surface area is 98.7 Å². The molecular formula is C14H11NO2. The summed E-state index contributed by atoms with van der Waals surface area (Å²) in [5.74, 6) is 0.702. The maximum Gasteiger partial charge on any atom is 0.166 e. The fourth-order valence-electron chi connectivity index (χ4n) is 1.85. The summed E-state index contributed by atoms with van der Waals surface area (Å²) in [7, 11) is 1.62. The molecule has 0 unspecified atom stereocenters. The van der Waals surface area contributed by atoms with Gasteiger partial charge in [0.2, 0.25) is 0 Å². The van der Waals surface area contributed by atoms with E-state index in [-0.39, 0.29) is 0 Å². The Kier molecular flexibility index (Phi) is 2.29. The number of nitrogens with zero attached hydrogens (tertiary/aromatic N) is 1. The van der Waals surface area contributed by atoms with E-state index in [1.54, 1.807) is 19.6 Å². The molecule has 0 aliphatic heterocycles. The predicted octanol–water partition coefficient (Wildman–Crippen LogP) is 3.50. The van der Waals surface area contributed by atoms with Crippen molar-refractivity contribution in [2.45, 2.75) is 0 Å². The Morgan fingerprint density at radius 1 is 1.06 bits per heavy atom. The number of pyridine rings is 1. The number of ether oxygens (including phenoxy) is 1. The highest BCUT2D eigenvalue weighted by atomic mass is 16.5. The third-order valence-electron chi connectivity index (χ3n) is 2.72. The second-order valence-electron chi connectivity index (χ2n) is 3.74. The van der Waals surface area contributed by atoms with E-state index < -0.39 is 0 Å². The van der Waals surface area contributed by atoms with E-state index in [0.29, 0.717) is 5.75 Å². The average molecular weight is 225 g/mol. The quantitative estimate of drug-likeness (QED) is 0.669. The monoisotopic (exact) mass is 225 g/mol. The molecule has 2 heterocycles. The Morgan fingerprint density at radius 2 is 1.94 bits per heavy atom. The molecular weight excluding hydrogens is 214 g/mol. The molecule has 0 saturated heterocycles. The van der Waals surface area contributed by atoms with Gasteiger partial charge in [-0.3, -0.25) is 0 Å². The molecule has 0 atom stereocenters. The lowest BCUT2D eigenvalue weighted by Gasteiger charge is -2.02. The molecule has 0 spiro atoms. The van der Waals surface area contributed by atoms with Gasteiger partial charge >= 0.3 is 0 Å². The van der Waals surface area contributed by atoms with Crippen molar-refractivity contribution in [2.75, 3.05) is 7.11 Å². The van der Waals surface area contributed by atoms with Crippen molar-refractivity contribution in [1.29, 1.82) is 0 Å². The van der Waals surface area contributed by atoms with Gasteiger partial charge in [-0.05, 0) is 12.1 Å². The van der Waals surface area contributed by atoms with Gasteiger partial charge in [0, 0.05) is 5.39 Å². The normalized spacial score (nSPS) is 10.6. The molecule has 1 aromatic carbocycles. The molecule has 3 rings (SSSR count). The summed E-state index contributed by atoms with van der Waals surface area (Å²) in [6.45, 7) is 0. The van der Waals surface area contributed by atoms with Crippen LogP contribution in [0.15, 0.2) is 53.3 Å². The molecule has 0 N–H and O–H groups in total. The number of hydrogen-bond acceptors (Lipinski definition) is 3. The van der Waals surface area contributed by atoms with Crippen LogP contribution in [-0.4, -0.2) is 12.1 Å². The van der Waals surface area contributed by atoms with E-state index in [9.17, 15) is 0 Å². The average Bonchev–Trinajstić information content (AvgIpc) is 2.86. The number of aromatic nitrogens is 1. The first kappa shape index (κ1) is 9.90. The maximum atomic E-state index is 5.22. The lowest BCUT2D eigenvalue weighted by Crippen LogP contribution is -1.87. The highest BCUT2D eigenvalue weighted by Crippen LogP contribution is 2.30. The molecule has 0 amide bonds. The van der Waals surface area contributed by atoms with Gasteiger partial charge in [0.1, 0.15) is 12.5 Å². The Hall–Kier alpha value is -2.29. The predicted molar refractivity (Wildman–Crippen MR) is 66.0 cm³/mol. The van der Waals surface area contributed by atoms with Crippen LogP contribution >= 0.6 is 0 Å². The molecule has 0 aliphatic carbocycles. The van der Waals surface area contributed by atoms with Gasteiger partial charge < -0.3 is 9.15 Å². The second-order valence-corrected chi connectivity index (χ2v) is 3.74. The zero-order chi connectivity index (χ0) is 11.7. The summed E-state index contributed by atoms with van der Waals surface area (Å²) < 4.78 is 10.4. The minimum absolute atomic E-state index is 0.702. The van der Waals surface area contributed by atoms with Gasteiger partial charge in [0.25, 0.3) is 0 Å². The number of furan rings is 1. The van der Waals surface area contributed by atoms with E-state index in [4.69, 9.17) is 9.15 Å². The van der Waals surface area contributed by atoms with Crippen LogP contribution in [0.4, 0.5) is 0 Å². The molecule has 84 valence electrons. The van der Waals surface area contributed by atoms with Crippen LogP contribution in [0.3, 0.4) is 0 Å². The van der Waals surface area contributed by atoms with Crippen molar-refractivity contribution >= 4 is 10.9 Å². The molecule has 3 nitrogen and oxygen atoms in total. The summed E-state index contributed by atoms with van der Waals surface area (Å²) in [5, 5.41) is 1.12. The van der Waals surface area contributed by atoms with Gasteiger partial charge in [-0.1, -0.05) is 24.3 Å². The van der Waals surface area contributed by atoms with Gasteiger partial charge in [-0.2, -0.15) is 0 Å². The Balaban J connectivity index is 2.18. The number of rotatable bonds is 2. The molecule has 0 saturated carbocycles. The summed E-state index contributed by atoms with van der Waals surface area (Å²) in [6, 6.07) is 12.0. The van der Waals surface area contributed by atoms with Crippen LogP contribution in [-0.2, 0) is 0 Å². The number of hydrogen-bond donors (Lipinski definition) is 0. The number of para-hydroxylation sites is 1. The van der Waals surface area contributed by atoms with Crippen LogP contribution in [0, 0.1) is 0 Å². The lowest BCUT2D eigenvalue weighted by molar-refractivity contribution is 0.407. The summed E-state index contributed by atoms with van der Waals surface area (Å²) in [5.41, 5.74) is 2.70. The van der Waals surface area contributed by atoms with Crippen LogP contribution in [0.2, 0.25) is 0 Å². The molecule has 3 aromatic rings. The highest BCUT2D eigenvalue weighted by Gasteiger charge is 2.09. The minimum Gasteiger partial charge on any atom is -0.493 e. The molecule has 3 heteroatoms. The number of fused-ring (bicyclic) bond motifs is 1. The van der Waals surface area contributed by atoms with Crippen molar-refractivity contribution in [3.8, 4) is 17.0 Å². The largest absolute Gasteiger partial charge is 0.493 e. The standard InChI is InChI=1S/C14H11NO2/c1-16-14-9-17-8-11(14)13-7-6-10-4-2-3-5-12(10)15-13/h2-9H,1H3. The molecule has 2 aromatic heterocycles. The van der Waals surface area contributed by atoms with Crippen LogP contribution in [0.1, 0.15) is 0 Å². The topological polar surface area (TPSA) is 35.3 Å². The zero-order valence-electron chi connectivity index (χ0n) is 9.38. The third-order valence-corrected chi connectivity index (χ3v) is 2.72. The molecule has 0 aliphatic rings. The first-order valence-corrected chi connectivity index (χ1v) is 5.35. The highest BCUT2D eigenvalue weighted by molar-refractivity contribution is 5.82. The SMILES string of the molecule is COc1cocc1-c1ccc2ccccc2n1. The molecule has 17 heavy (non-hydrogen) atoms. The second kappa shape index (κ2) is 3.94. The first-order valence-electron chi connectivity index (χ1n) is 5.35. The van der Waals surface area contributed by atoms with Crippen molar-refractivity contribution in [2.24, 2.45) is 0 Å². The van der Waals surface area contributed by atoms with Crippen LogP contribution < -0.4 is 4.74 Å². The smallest absolute Gasteiger partial charge is 0.166 e. The van der Waals surface area contributed by atoms with Gasteiger partial charge in [-0.15, -0.1) is 0 Å². The summed E-state index contributed by atoms with van der Waals surface area (Å²) in [4.78, 5) is 4.59. The minimum atomic E-state index is 0.702. The third kappa shape index (κ3) is 1.65. The van der Waals surface area contributed by atoms with E-state index in [2.05, 4.69) is 4.98 Å². The first-order chi connectivity index (χ1) is 8.38. The van der Waals surface area contributed by atoms with E-state index in [1.807, 2.05) is 36.4 Å². The van der Waals surface area contributed by atoms with Crippen molar-refractivity contribution in [3.05, 3.63) is 48.9 Å². The molecule has 0 fully saturated rings. The summed E-state index contributed by atoms with van der Waals surface area (Å²) >= 11 is 0. The number of methoxy groups -OCH3 is 1. The maximum absolute atomic E-state index is 5.22. The van der Waals surface area contributed by atoms with Gasteiger partial charge in [0.15, 0.2) is 5.75 Å². The molecule has 0 bridgehead atoms. The van der Waals surface area contributed by atoms with Crippen LogP contribution in [0.25, 0.3) is 22.2 Å². The lowest BCUT2D eigenvalue weighted by atomic mass is 10.1. The Morgan fingerprint density at radius 3 is 2.82 bits per heavy atom. The fourth-order valence-corrected chi connectivity index (χ4v) is 1.85. The van der Waals surface area contributed by atoms with E-state index in [1.165, 1.54) is 0 Å². The zero-order valence-corrected chi connectivity index (χ0v) is 9.38. The van der Waals surface area contributed by atoms with Crippen LogP contribution in [0.5, 0.6) is 5.75 Å². The summed E-state index contributed by atoms with van der Waals surface area (Å²) in [6.07, 6.45) is 3.22. The van der Waals surface area contributed by atoms with E-state index in [0.717, 1.165) is 22.2 Å².